The Morgan fingerprint density at radius 2 is 2.00 bits per heavy atom. The standard InChI is InChI=1S/C9H15PS/c1-9(2,3)10(4)8-6-5-7-11-8/h5-7H,1-4H3. The highest BCUT2D eigenvalue weighted by Gasteiger charge is 2.21. The van der Waals surface area contributed by atoms with Crippen LogP contribution in [0.3, 0.4) is 0 Å². The van der Waals surface area contributed by atoms with E-state index in [-0.39, 0.29) is 7.92 Å². The van der Waals surface area contributed by atoms with Crippen LogP contribution in [0.4, 0.5) is 0 Å². The molecule has 1 heterocycles. The van der Waals surface area contributed by atoms with E-state index in [2.05, 4.69) is 44.9 Å². The minimum absolute atomic E-state index is 0.0388. The monoisotopic (exact) mass is 186 g/mol. The molecule has 0 aromatic carbocycles. The molecule has 0 N–H and O–H groups in total. The highest BCUT2D eigenvalue weighted by molar-refractivity contribution is 7.72. The largest absolute Gasteiger partial charge is 0.144 e. The Kier molecular flexibility index (Phi) is 2.72. The maximum Gasteiger partial charge on any atom is 0.0280 e. The van der Waals surface area contributed by atoms with Crippen molar-refractivity contribution in [2.24, 2.45) is 0 Å². The number of hydrogen-bond donors (Lipinski definition) is 0. The van der Waals surface area contributed by atoms with Crippen molar-refractivity contribution < 1.29 is 0 Å². The Morgan fingerprint density at radius 3 is 2.36 bits per heavy atom. The second-order valence-corrected chi connectivity index (χ2v) is 7.87. The fourth-order valence-electron chi connectivity index (χ4n) is 0.791. The zero-order valence-electron chi connectivity index (χ0n) is 7.59. The molecule has 0 radical (unpaired) electrons. The molecule has 0 aliphatic rings. The smallest absolute Gasteiger partial charge is 0.0280 e. The summed E-state index contributed by atoms with van der Waals surface area (Å²) in [5, 5.41) is 2.63. The van der Waals surface area contributed by atoms with Gasteiger partial charge in [0.25, 0.3) is 0 Å². The van der Waals surface area contributed by atoms with E-state index in [9.17, 15) is 0 Å². The van der Waals surface area contributed by atoms with Gasteiger partial charge in [-0.1, -0.05) is 34.8 Å². The van der Waals surface area contributed by atoms with Crippen LogP contribution in [0.2, 0.25) is 0 Å². The Bertz CT molecular complexity index is 208. The molecule has 11 heavy (non-hydrogen) atoms. The molecule has 1 rings (SSSR count). The lowest BCUT2D eigenvalue weighted by Gasteiger charge is -2.26. The third-order valence-corrected chi connectivity index (χ3v) is 6.47. The Balaban J connectivity index is 2.78. The van der Waals surface area contributed by atoms with Crippen molar-refractivity contribution >= 4 is 23.9 Å². The summed E-state index contributed by atoms with van der Waals surface area (Å²) in [5.41, 5.74) is 0. The van der Waals surface area contributed by atoms with E-state index < -0.39 is 0 Å². The molecule has 1 unspecified atom stereocenters. The number of thiophene rings is 1. The van der Waals surface area contributed by atoms with Gasteiger partial charge in [-0.15, -0.1) is 11.3 Å². The molecule has 1 aromatic rings. The van der Waals surface area contributed by atoms with Crippen LogP contribution in [0, 0.1) is 0 Å². The van der Waals surface area contributed by atoms with E-state index in [0.717, 1.165) is 0 Å². The molecule has 0 bridgehead atoms. The van der Waals surface area contributed by atoms with Gasteiger partial charge in [0.1, 0.15) is 0 Å². The maximum absolute atomic E-state index is 2.36. The maximum atomic E-state index is 2.36. The van der Waals surface area contributed by atoms with E-state index in [1.54, 1.807) is 4.62 Å². The van der Waals surface area contributed by atoms with E-state index in [1.807, 2.05) is 11.3 Å². The van der Waals surface area contributed by atoms with Crippen molar-refractivity contribution in [1.29, 1.82) is 0 Å². The fourth-order valence-corrected chi connectivity index (χ4v) is 3.85. The van der Waals surface area contributed by atoms with Gasteiger partial charge < -0.3 is 0 Å². The molecule has 0 saturated heterocycles. The van der Waals surface area contributed by atoms with Gasteiger partial charge in [0, 0.05) is 4.62 Å². The number of rotatable bonds is 1. The molecule has 0 spiro atoms. The average molecular weight is 186 g/mol. The molecule has 0 aliphatic carbocycles. The van der Waals surface area contributed by atoms with Crippen LogP contribution in [0.5, 0.6) is 0 Å². The van der Waals surface area contributed by atoms with Gasteiger partial charge in [-0.2, -0.15) is 0 Å². The third kappa shape index (κ3) is 2.28. The highest BCUT2D eigenvalue weighted by atomic mass is 32.1. The van der Waals surface area contributed by atoms with Crippen LogP contribution in [-0.2, 0) is 0 Å². The van der Waals surface area contributed by atoms with Gasteiger partial charge in [0.05, 0.1) is 0 Å². The molecule has 0 aliphatic heterocycles. The van der Waals surface area contributed by atoms with Crippen molar-refractivity contribution in [3.63, 3.8) is 0 Å². The van der Waals surface area contributed by atoms with Gasteiger partial charge in [-0.25, -0.2) is 0 Å². The van der Waals surface area contributed by atoms with Crippen LogP contribution in [-0.4, -0.2) is 11.8 Å². The summed E-state index contributed by atoms with van der Waals surface area (Å²) in [6.45, 7) is 9.32. The van der Waals surface area contributed by atoms with Crippen molar-refractivity contribution in [1.82, 2.24) is 0 Å². The van der Waals surface area contributed by atoms with Crippen molar-refractivity contribution in [2.45, 2.75) is 25.9 Å². The van der Waals surface area contributed by atoms with Gasteiger partial charge in [-0.05, 0) is 23.3 Å². The molecule has 0 fully saturated rings. The molecular formula is C9H15PS. The summed E-state index contributed by atoms with van der Waals surface area (Å²) in [7, 11) is 0.0388. The first kappa shape index (κ1) is 9.22. The van der Waals surface area contributed by atoms with Crippen LogP contribution < -0.4 is 4.62 Å². The predicted octanol–water partition coefficient (Wildman–Crippen LogP) is 3.28. The second kappa shape index (κ2) is 3.25. The van der Waals surface area contributed by atoms with E-state index in [1.165, 1.54) is 0 Å². The lowest BCUT2D eigenvalue weighted by molar-refractivity contribution is 0.791. The summed E-state index contributed by atoms with van der Waals surface area (Å²) in [6.07, 6.45) is 0. The van der Waals surface area contributed by atoms with Gasteiger partial charge in [-0.3, -0.25) is 0 Å². The number of hydrogen-bond acceptors (Lipinski definition) is 1. The molecule has 0 saturated carbocycles. The van der Waals surface area contributed by atoms with Crippen LogP contribution in [0.1, 0.15) is 20.8 Å². The lowest BCUT2D eigenvalue weighted by Crippen LogP contribution is -2.16. The molecule has 1 aromatic heterocycles. The summed E-state index contributed by atoms with van der Waals surface area (Å²) >= 11 is 1.89. The molecule has 2 heteroatoms. The highest BCUT2D eigenvalue weighted by Crippen LogP contribution is 2.45. The normalized spacial score (nSPS) is 14.9. The zero-order chi connectivity index (χ0) is 8.48. The quantitative estimate of drug-likeness (QED) is 0.590. The summed E-state index contributed by atoms with van der Waals surface area (Å²) in [6, 6.07) is 4.40. The third-order valence-electron chi connectivity index (χ3n) is 1.84. The molecule has 62 valence electrons. The van der Waals surface area contributed by atoms with Crippen LogP contribution in [0.25, 0.3) is 0 Å². The first-order valence-electron chi connectivity index (χ1n) is 3.79. The Morgan fingerprint density at radius 1 is 1.36 bits per heavy atom. The van der Waals surface area contributed by atoms with Crippen molar-refractivity contribution in [2.75, 3.05) is 6.66 Å². The minimum Gasteiger partial charge on any atom is -0.144 e. The summed E-state index contributed by atoms with van der Waals surface area (Å²) in [4.78, 5) is 0. The van der Waals surface area contributed by atoms with Crippen molar-refractivity contribution in [3.05, 3.63) is 17.5 Å². The topological polar surface area (TPSA) is 0 Å². The molecule has 1 atom stereocenters. The summed E-state index contributed by atoms with van der Waals surface area (Å²) < 4.78 is 1.56. The molecule has 0 amide bonds. The lowest BCUT2D eigenvalue weighted by atomic mass is 10.3. The van der Waals surface area contributed by atoms with E-state index in [4.69, 9.17) is 0 Å². The SMILES string of the molecule is CP(c1cccs1)C(C)(C)C. The summed E-state index contributed by atoms with van der Waals surface area (Å²) in [5.74, 6) is 0. The van der Waals surface area contributed by atoms with Gasteiger partial charge >= 0.3 is 0 Å². The first-order valence-corrected chi connectivity index (χ1v) is 6.46. The zero-order valence-corrected chi connectivity index (χ0v) is 9.30. The predicted molar refractivity (Wildman–Crippen MR) is 56.6 cm³/mol. The van der Waals surface area contributed by atoms with Crippen molar-refractivity contribution in [3.8, 4) is 0 Å². The average Bonchev–Trinajstić information content (AvgIpc) is 2.34. The first-order chi connectivity index (χ1) is 5.02. The van der Waals surface area contributed by atoms with Crippen LogP contribution in [0.15, 0.2) is 17.5 Å². The van der Waals surface area contributed by atoms with Crippen LogP contribution >= 0.6 is 19.3 Å². The minimum atomic E-state index is 0.0388. The fraction of sp³-hybridized carbons (Fsp3) is 0.556. The second-order valence-electron chi connectivity index (χ2n) is 3.68. The van der Waals surface area contributed by atoms with E-state index in [0.29, 0.717) is 5.16 Å². The molecule has 0 nitrogen and oxygen atoms in total. The Hall–Kier alpha value is 0.130. The van der Waals surface area contributed by atoms with E-state index >= 15 is 0 Å². The Labute approximate surface area is 74.4 Å². The van der Waals surface area contributed by atoms with Gasteiger partial charge in [0.15, 0.2) is 0 Å². The molecular weight excluding hydrogens is 171 g/mol. The van der Waals surface area contributed by atoms with Gasteiger partial charge in [0.2, 0.25) is 0 Å².